The lowest BCUT2D eigenvalue weighted by Crippen LogP contribution is -2.36. The minimum atomic E-state index is 0.180. The Morgan fingerprint density at radius 1 is 1.45 bits per heavy atom. The third kappa shape index (κ3) is 2.72. The van der Waals surface area contributed by atoms with E-state index in [0.29, 0.717) is 6.10 Å². The fourth-order valence-electron chi connectivity index (χ4n) is 3.39. The zero-order valence-corrected chi connectivity index (χ0v) is 14.0. The molecule has 0 spiro atoms. The van der Waals surface area contributed by atoms with Crippen molar-refractivity contribution in [2.75, 3.05) is 19.0 Å². The topological polar surface area (TPSA) is 18.5 Å². The van der Waals surface area contributed by atoms with E-state index < -0.39 is 0 Å². The Morgan fingerprint density at radius 2 is 2.25 bits per heavy atom. The molecule has 1 aliphatic heterocycles. The summed E-state index contributed by atoms with van der Waals surface area (Å²) in [5.41, 5.74) is 1.37. The van der Waals surface area contributed by atoms with Crippen LogP contribution in [-0.2, 0) is 11.2 Å². The first-order chi connectivity index (χ1) is 9.68. The summed E-state index contributed by atoms with van der Waals surface area (Å²) in [4.78, 5) is 0. The molecule has 2 atom stereocenters. The van der Waals surface area contributed by atoms with Crippen LogP contribution in [0.25, 0.3) is 0 Å². The predicted octanol–water partition coefficient (Wildman–Crippen LogP) is 4.47. The molecule has 1 saturated carbocycles. The van der Waals surface area contributed by atoms with E-state index in [2.05, 4.69) is 15.9 Å². The van der Waals surface area contributed by atoms with Crippen molar-refractivity contribution < 1.29 is 9.47 Å². The van der Waals surface area contributed by atoms with Crippen LogP contribution >= 0.6 is 27.5 Å². The van der Waals surface area contributed by atoms with Crippen molar-refractivity contribution in [3.05, 3.63) is 28.8 Å². The van der Waals surface area contributed by atoms with E-state index in [4.69, 9.17) is 21.1 Å². The van der Waals surface area contributed by atoms with Gasteiger partial charge in [0.15, 0.2) is 0 Å². The highest BCUT2D eigenvalue weighted by Crippen LogP contribution is 2.51. The summed E-state index contributed by atoms with van der Waals surface area (Å²) in [6, 6.07) is 5.88. The van der Waals surface area contributed by atoms with Crippen molar-refractivity contribution in [1.82, 2.24) is 0 Å². The van der Waals surface area contributed by atoms with Crippen LogP contribution in [0.3, 0.4) is 0 Å². The average Bonchev–Trinajstić information content (AvgIpc) is 3.21. The second-order valence-electron chi connectivity index (χ2n) is 6.01. The molecule has 110 valence electrons. The van der Waals surface area contributed by atoms with E-state index in [1.807, 2.05) is 18.2 Å². The monoisotopic (exact) mass is 358 g/mol. The molecule has 20 heavy (non-hydrogen) atoms. The van der Waals surface area contributed by atoms with Gasteiger partial charge < -0.3 is 9.47 Å². The van der Waals surface area contributed by atoms with Crippen molar-refractivity contribution in [3.63, 3.8) is 0 Å². The second kappa shape index (κ2) is 5.86. The molecule has 0 N–H and O–H groups in total. The zero-order valence-electron chi connectivity index (χ0n) is 11.7. The van der Waals surface area contributed by atoms with Gasteiger partial charge in [-0.05, 0) is 55.4 Å². The lowest BCUT2D eigenvalue weighted by molar-refractivity contribution is 0.0411. The number of rotatable bonds is 5. The molecule has 2 aliphatic rings. The number of hydrogen-bond donors (Lipinski definition) is 0. The molecule has 0 amide bonds. The molecule has 3 rings (SSSR count). The van der Waals surface area contributed by atoms with Gasteiger partial charge in [0.2, 0.25) is 0 Å². The molecule has 1 aromatic carbocycles. The van der Waals surface area contributed by atoms with E-state index >= 15 is 0 Å². The Balaban J connectivity index is 1.89. The number of halogens is 2. The van der Waals surface area contributed by atoms with Crippen molar-refractivity contribution >= 4 is 27.5 Å². The van der Waals surface area contributed by atoms with Crippen LogP contribution in [0.4, 0.5) is 0 Å². The molecule has 2 nitrogen and oxygen atoms in total. The number of ether oxygens (including phenoxy) is 2. The Hall–Kier alpha value is -0.250. The molecule has 1 heterocycles. The maximum Gasteiger partial charge on any atom is 0.122 e. The molecular formula is C16H20BrClO2. The van der Waals surface area contributed by atoms with Crippen LogP contribution in [0.5, 0.6) is 5.75 Å². The first kappa shape index (κ1) is 14.7. The van der Waals surface area contributed by atoms with Gasteiger partial charge in [-0.2, -0.15) is 0 Å². The molecule has 0 bridgehead atoms. The van der Waals surface area contributed by atoms with Crippen molar-refractivity contribution in [2.24, 2.45) is 11.3 Å². The Bertz CT molecular complexity index is 489. The van der Waals surface area contributed by atoms with Crippen LogP contribution in [0, 0.1) is 11.3 Å². The van der Waals surface area contributed by atoms with Gasteiger partial charge in [-0.1, -0.05) is 27.5 Å². The van der Waals surface area contributed by atoms with Gasteiger partial charge in [-0.15, -0.1) is 0 Å². The Labute approximate surface area is 133 Å². The van der Waals surface area contributed by atoms with Crippen molar-refractivity contribution in [2.45, 2.75) is 31.8 Å². The summed E-state index contributed by atoms with van der Waals surface area (Å²) < 4.78 is 11.6. The lowest BCUT2D eigenvalue weighted by atomic mass is 9.75. The fourth-order valence-corrected chi connectivity index (χ4v) is 4.38. The van der Waals surface area contributed by atoms with Gasteiger partial charge in [-0.25, -0.2) is 0 Å². The predicted molar refractivity (Wildman–Crippen MR) is 85.0 cm³/mol. The van der Waals surface area contributed by atoms with E-state index in [0.717, 1.165) is 41.5 Å². The normalized spacial score (nSPS) is 29.6. The molecule has 1 aromatic rings. The second-order valence-corrected chi connectivity index (χ2v) is 7.00. The number of benzene rings is 1. The highest BCUT2D eigenvalue weighted by Gasteiger charge is 2.50. The van der Waals surface area contributed by atoms with Gasteiger partial charge in [0.1, 0.15) is 5.75 Å². The third-order valence-corrected chi connectivity index (χ3v) is 5.95. The molecule has 2 unspecified atom stereocenters. The van der Waals surface area contributed by atoms with Crippen LogP contribution in [-0.4, -0.2) is 25.2 Å². The van der Waals surface area contributed by atoms with E-state index in [1.165, 1.54) is 18.4 Å². The van der Waals surface area contributed by atoms with E-state index in [1.54, 1.807) is 7.11 Å². The zero-order chi connectivity index (χ0) is 14.2. The van der Waals surface area contributed by atoms with E-state index in [-0.39, 0.29) is 5.41 Å². The van der Waals surface area contributed by atoms with Crippen LogP contribution in [0.15, 0.2) is 18.2 Å². The molecule has 4 heteroatoms. The Kier molecular flexibility index (Phi) is 4.30. The molecule has 2 fully saturated rings. The smallest absolute Gasteiger partial charge is 0.122 e. The Morgan fingerprint density at radius 3 is 2.90 bits per heavy atom. The van der Waals surface area contributed by atoms with Gasteiger partial charge in [0, 0.05) is 22.4 Å². The molecular weight excluding hydrogens is 340 g/mol. The van der Waals surface area contributed by atoms with Gasteiger partial charge in [-0.3, -0.25) is 0 Å². The molecule has 1 saturated heterocycles. The minimum absolute atomic E-state index is 0.180. The van der Waals surface area contributed by atoms with Crippen LogP contribution in [0.2, 0.25) is 5.02 Å². The summed E-state index contributed by atoms with van der Waals surface area (Å²) in [5.74, 6) is 1.68. The summed E-state index contributed by atoms with van der Waals surface area (Å²) in [7, 11) is 1.72. The quantitative estimate of drug-likeness (QED) is 0.722. The number of alkyl halides is 1. The first-order valence-corrected chi connectivity index (χ1v) is 8.68. The first-order valence-electron chi connectivity index (χ1n) is 7.18. The standard InChI is InChI=1S/C16H20BrClO2/c1-19-14-5-4-13(18)8-12(14)9-16(10-17)6-7-20-15(16)11-2-3-11/h4-5,8,11,15H,2-3,6-7,9-10H2,1H3. The average molecular weight is 360 g/mol. The number of methoxy groups -OCH3 is 1. The molecule has 0 radical (unpaired) electrons. The van der Waals surface area contributed by atoms with Crippen LogP contribution < -0.4 is 4.74 Å². The lowest BCUT2D eigenvalue weighted by Gasteiger charge is -2.33. The molecule has 0 aromatic heterocycles. The summed E-state index contributed by atoms with van der Waals surface area (Å²) in [6.45, 7) is 0.871. The van der Waals surface area contributed by atoms with Crippen LogP contribution in [0.1, 0.15) is 24.8 Å². The van der Waals surface area contributed by atoms with Crippen molar-refractivity contribution in [1.29, 1.82) is 0 Å². The highest BCUT2D eigenvalue weighted by molar-refractivity contribution is 9.09. The van der Waals surface area contributed by atoms with Gasteiger partial charge in [0.25, 0.3) is 0 Å². The summed E-state index contributed by atoms with van der Waals surface area (Å²) in [5, 5.41) is 1.74. The number of hydrogen-bond acceptors (Lipinski definition) is 2. The van der Waals surface area contributed by atoms with Crippen molar-refractivity contribution in [3.8, 4) is 5.75 Å². The largest absolute Gasteiger partial charge is 0.496 e. The third-order valence-electron chi connectivity index (χ3n) is 4.60. The maximum atomic E-state index is 6.16. The highest BCUT2D eigenvalue weighted by atomic mass is 79.9. The fraction of sp³-hybridized carbons (Fsp3) is 0.625. The summed E-state index contributed by atoms with van der Waals surface area (Å²) in [6.07, 6.45) is 5.07. The van der Waals surface area contributed by atoms with Gasteiger partial charge in [0.05, 0.1) is 13.2 Å². The van der Waals surface area contributed by atoms with E-state index in [9.17, 15) is 0 Å². The maximum absolute atomic E-state index is 6.16. The molecule has 1 aliphatic carbocycles. The SMILES string of the molecule is COc1ccc(Cl)cc1CC1(CBr)CCOC1C1CC1. The minimum Gasteiger partial charge on any atom is -0.496 e. The van der Waals surface area contributed by atoms with Gasteiger partial charge >= 0.3 is 0 Å². The summed E-state index contributed by atoms with van der Waals surface area (Å²) >= 11 is 9.90.